The number of rotatable bonds is 4. The summed E-state index contributed by atoms with van der Waals surface area (Å²) in [5, 5.41) is 5.23. The minimum absolute atomic E-state index is 0.121. The molecule has 0 saturated heterocycles. The number of hydrogen-bond donors (Lipinski definition) is 1. The standard InChI is InChI=1S/C19H17N3O2S/c1-24-14-6-4-13(5-7-14)21-19-20-11-15-16(22-19)9-12(10-17(15)23)18-3-2-8-25-18/h2-8,11-12H,9-10H2,1H3,(H,20,21,22). The van der Waals surface area contributed by atoms with Gasteiger partial charge in [0.15, 0.2) is 5.78 Å². The minimum atomic E-state index is 0.121. The van der Waals surface area contributed by atoms with E-state index in [1.807, 2.05) is 35.7 Å². The van der Waals surface area contributed by atoms with Crippen molar-refractivity contribution in [2.24, 2.45) is 0 Å². The Balaban J connectivity index is 1.58. The number of thiophene rings is 1. The van der Waals surface area contributed by atoms with Crippen molar-refractivity contribution in [2.45, 2.75) is 18.8 Å². The molecule has 0 fully saturated rings. The summed E-state index contributed by atoms with van der Waals surface area (Å²) in [6.45, 7) is 0. The molecule has 4 rings (SSSR count). The Hall–Kier alpha value is -2.73. The fourth-order valence-corrected chi connectivity index (χ4v) is 3.86. The fraction of sp³-hybridized carbons (Fsp3) is 0.211. The minimum Gasteiger partial charge on any atom is -0.497 e. The molecule has 1 unspecified atom stereocenters. The lowest BCUT2D eigenvalue weighted by atomic mass is 9.86. The summed E-state index contributed by atoms with van der Waals surface area (Å²) >= 11 is 1.69. The van der Waals surface area contributed by atoms with Crippen LogP contribution < -0.4 is 10.1 Å². The summed E-state index contributed by atoms with van der Waals surface area (Å²) in [7, 11) is 1.63. The van der Waals surface area contributed by atoms with E-state index < -0.39 is 0 Å². The summed E-state index contributed by atoms with van der Waals surface area (Å²) in [6, 6.07) is 11.7. The molecule has 1 N–H and O–H groups in total. The highest BCUT2D eigenvalue weighted by molar-refractivity contribution is 7.10. The smallest absolute Gasteiger partial charge is 0.227 e. The second-order valence-electron chi connectivity index (χ2n) is 5.95. The first kappa shape index (κ1) is 15.8. The van der Waals surface area contributed by atoms with E-state index in [1.54, 1.807) is 24.6 Å². The Bertz CT molecular complexity index is 892. The number of aromatic nitrogens is 2. The second kappa shape index (κ2) is 6.64. The lowest BCUT2D eigenvalue weighted by Crippen LogP contribution is -2.20. The van der Waals surface area contributed by atoms with Crippen LogP contribution in [0.3, 0.4) is 0 Å². The van der Waals surface area contributed by atoms with E-state index in [2.05, 4.69) is 21.4 Å². The predicted octanol–water partition coefficient (Wildman–Crippen LogP) is 4.20. The molecule has 1 aliphatic carbocycles. The van der Waals surface area contributed by atoms with Crippen LogP contribution in [-0.2, 0) is 6.42 Å². The van der Waals surface area contributed by atoms with Crippen molar-refractivity contribution >= 4 is 28.8 Å². The third-order valence-corrected chi connectivity index (χ3v) is 5.37. The number of benzene rings is 1. The number of carbonyl (C=O) groups is 1. The van der Waals surface area contributed by atoms with Crippen molar-refractivity contribution < 1.29 is 9.53 Å². The predicted molar refractivity (Wildman–Crippen MR) is 98.0 cm³/mol. The van der Waals surface area contributed by atoms with E-state index in [0.717, 1.165) is 23.6 Å². The number of ether oxygens (including phenoxy) is 1. The number of carbonyl (C=O) groups excluding carboxylic acids is 1. The van der Waals surface area contributed by atoms with Crippen LogP contribution in [0.25, 0.3) is 0 Å². The summed E-state index contributed by atoms with van der Waals surface area (Å²) in [5.74, 6) is 1.63. The molecule has 6 heteroatoms. The van der Waals surface area contributed by atoms with Crippen LogP contribution in [0.5, 0.6) is 5.75 Å². The molecule has 0 saturated carbocycles. The van der Waals surface area contributed by atoms with Gasteiger partial charge in [0.05, 0.1) is 18.4 Å². The Morgan fingerprint density at radius 2 is 2.04 bits per heavy atom. The average molecular weight is 351 g/mol. The van der Waals surface area contributed by atoms with Gasteiger partial charge in [-0.1, -0.05) is 6.07 Å². The van der Waals surface area contributed by atoms with Gasteiger partial charge in [-0.3, -0.25) is 4.79 Å². The van der Waals surface area contributed by atoms with Gasteiger partial charge in [-0.15, -0.1) is 11.3 Å². The molecule has 0 bridgehead atoms. The summed E-state index contributed by atoms with van der Waals surface area (Å²) in [5.41, 5.74) is 2.34. The Morgan fingerprint density at radius 3 is 2.76 bits per heavy atom. The highest BCUT2D eigenvalue weighted by atomic mass is 32.1. The number of methoxy groups -OCH3 is 1. The molecular formula is C19H17N3O2S. The molecular weight excluding hydrogens is 334 g/mol. The molecule has 0 spiro atoms. The summed E-state index contributed by atoms with van der Waals surface area (Å²) < 4.78 is 5.16. The average Bonchev–Trinajstić information content (AvgIpc) is 3.17. The van der Waals surface area contributed by atoms with E-state index in [4.69, 9.17) is 4.74 Å². The monoisotopic (exact) mass is 351 g/mol. The Morgan fingerprint density at radius 1 is 1.20 bits per heavy atom. The van der Waals surface area contributed by atoms with Crippen LogP contribution in [0.1, 0.15) is 33.3 Å². The van der Waals surface area contributed by atoms with Crippen molar-refractivity contribution in [2.75, 3.05) is 12.4 Å². The van der Waals surface area contributed by atoms with Gasteiger partial charge < -0.3 is 10.1 Å². The Kier molecular flexibility index (Phi) is 4.19. The number of nitrogens with one attached hydrogen (secondary N) is 1. The van der Waals surface area contributed by atoms with Gasteiger partial charge in [0.2, 0.25) is 5.95 Å². The molecule has 1 aliphatic rings. The van der Waals surface area contributed by atoms with Crippen LogP contribution in [0.15, 0.2) is 48.0 Å². The lowest BCUT2D eigenvalue weighted by molar-refractivity contribution is 0.0963. The molecule has 0 amide bonds. The van der Waals surface area contributed by atoms with Crippen LogP contribution >= 0.6 is 11.3 Å². The molecule has 3 aromatic rings. The molecule has 1 atom stereocenters. The van der Waals surface area contributed by atoms with E-state index in [0.29, 0.717) is 17.9 Å². The molecule has 0 aliphatic heterocycles. The first-order chi connectivity index (χ1) is 12.2. The number of Topliss-reactive ketones (excluding diaryl/α,β-unsaturated/α-hetero) is 1. The van der Waals surface area contributed by atoms with Crippen molar-refractivity contribution in [1.82, 2.24) is 9.97 Å². The van der Waals surface area contributed by atoms with Gasteiger partial charge in [0.1, 0.15) is 5.75 Å². The van der Waals surface area contributed by atoms with E-state index in [1.165, 1.54) is 4.88 Å². The zero-order chi connectivity index (χ0) is 17.2. The lowest BCUT2D eigenvalue weighted by Gasteiger charge is -2.22. The fourth-order valence-electron chi connectivity index (χ4n) is 3.03. The Labute approximate surface area is 149 Å². The topological polar surface area (TPSA) is 64.1 Å². The highest BCUT2D eigenvalue weighted by Crippen LogP contribution is 2.34. The van der Waals surface area contributed by atoms with Crippen molar-refractivity contribution in [1.29, 1.82) is 0 Å². The van der Waals surface area contributed by atoms with Crippen molar-refractivity contribution in [3.63, 3.8) is 0 Å². The number of nitrogens with zero attached hydrogens (tertiary/aromatic N) is 2. The maximum absolute atomic E-state index is 12.4. The highest BCUT2D eigenvalue weighted by Gasteiger charge is 2.28. The van der Waals surface area contributed by atoms with Gasteiger partial charge in [0, 0.05) is 29.1 Å². The first-order valence-electron chi connectivity index (χ1n) is 8.06. The third kappa shape index (κ3) is 3.25. The van der Waals surface area contributed by atoms with E-state index in [9.17, 15) is 4.79 Å². The van der Waals surface area contributed by atoms with Gasteiger partial charge in [-0.2, -0.15) is 0 Å². The first-order valence-corrected chi connectivity index (χ1v) is 8.94. The second-order valence-corrected chi connectivity index (χ2v) is 6.93. The summed E-state index contributed by atoms with van der Waals surface area (Å²) in [6.07, 6.45) is 2.94. The third-order valence-electron chi connectivity index (χ3n) is 4.33. The van der Waals surface area contributed by atoms with Crippen molar-refractivity contribution in [3.8, 4) is 5.75 Å². The molecule has 1 aromatic carbocycles. The van der Waals surface area contributed by atoms with Gasteiger partial charge in [-0.25, -0.2) is 9.97 Å². The molecule has 2 aromatic heterocycles. The van der Waals surface area contributed by atoms with Gasteiger partial charge >= 0.3 is 0 Å². The van der Waals surface area contributed by atoms with Crippen LogP contribution in [0.2, 0.25) is 0 Å². The molecule has 0 radical (unpaired) electrons. The van der Waals surface area contributed by atoms with Crippen LogP contribution in [-0.4, -0.2) is 22.9 Å². The molecule has 5 nitrogen and oxygen atoms in total. The quantitative estimate of drug-likeness (QED) is 0.763. The van der Waals surface area contributed by atoms with Crippen LogP contribution in [0.4, 0.5) is 11.6 Å². The van der Waals surface area contributed by atoms with E-state index >= 15 is 0 Å². The van der Waals surface area contributed by atoms with Gasteiger partial charge in [-0.05, 0) is 42.1 Å². The zero-order valence-electron chi connectivity index (χ0n) is 13.7. The van der Waals surface area contributed by atoms with Crippen LogP contribution in [0, 0.1) is 0 Å². The largest absolute Gasteiger partial charge is 0.497 e. The maximum Gasteiger partial charge on any atom is 0.227 e. The molecule has 2 heterocycles. The number of fused-ring (bicyclic) bond motifs is 1. The molecule has 25 heavy (non-hydrogen) atoms. The summed E-state index contributed by atoms with van der Waals surface area (Å²) in [4.78, 5) is 22.5. The maximum atomic E-state index is 12.4. The van der Waals surface area contributed by atoms with Crippen molar-refractivity contribution in [3.05, 3.63) is 64.1 Å². The number of ketones is 1. The SMILES string of the molecule is COc1ccc(Nc2ncc3c(n2)CC(c2cccs2)CC3=O)cc1. The number of anilines is 2. The van der Waals surface area contributed by atoms with E-state index in [-0.39, 0.29) is 11.7 Å². The van der Waals surface area contributed by atoms with Gasteiger partial charge in [0.25, 0.3) is 0 Å². The zero-order valence-corrected chi connectivity index (χ0v) is 14.5. The number of hydrogen-bond acceptors (Lipinski definition) is 6. The molecule has 126 valence electrons. The normalized spacial score (nSPS) is 16.4.